The van der Waals surface area contributed by atoms with Crippen LogP contribution in [0.3, 0.4) is 0 Å². The monoisotopic (exact) mass is 1020 g/mol. The average molecular weight is 1020 g/mol. The van der Waals surface area contributed by atoms with Crippen molar-refractivity contribution in [2.75, 3.05) is 6.61 Å². The molecule has 0 heterocycles. The summed E-state index contributed by atoms with van der Waals surface area (Å²) >= 11 is 0. The average Bonchev–Trinajstić information content (AvgIpc) is 3.40. The minimum Gasteiger partial charge on any atom is -0.394 e. The van der Waals surface area contributed by atoms with Gasteiger partial charge in [-0.2, -0.15) is 0 Å². The maximum atomic E-state index is 12.5. The molecule has 0 aliphatic heterocycles. The van der Waals surface area contributed by atoms with Gasteiger partial charge in [0.05, 0.1) is 18.8 Å². The highest BCUT2D eigenvalue weighted by Crippen LogP contribution is 2.18. The van der Waals surface area contributed by atoms with Crippen molar-refractivity contribution in [3.8, 4) is 0 Å². The molecule has 0 bridgehead atoms. The van der Waals surface area contributed by atoms with Crippen LogP contribution in [-0.2, 0) is 4.79 Å². The number of hydrogen-bond donors (Lipinski definition) is 3. The summed E-state index contributed by atoms with van der Waals surface area (Å²) in [5.41, 5.74) is 0. The number of unbranched alkanes of at least 4 members (excludes halogenated alkanes) is 40. The summed E-state index contributed by atoms with van der Waals surface area (Å²) in [6.45, 7) is 4.22. The summed E-state index contributed by atoms with van der Waals surface area (Å²) in [4.78, 5) is 12.5. The number of rotatable bonds is 59. The van der Waals surface area contributed by atoms with Crippen molar-refractivity contribution in [1.82, 2.24) is 5.32 Å². The predicted molar refractivity (Wildman–Crippen MR) is 327 cm³/mol. The van der Waals surface area contributed by atoms with Gasteiger partial charge in [0.1, 0.15) is 0 Å². The van der Waals surface area contributed by atoms with Crippen LogP contribution in [0.1, 0.15) is 328 Å². The van der Waals surface area contributed by atoms with Gasteiger partial charge >= 0.3 is 0 Å². The highest BCUT2D eigenvalue weighted by Gasteiger charge is 2.18. The van der Waals surface area contributed by atoms with Crippen LogP contribution in [-0.4, -0.2) is 34.9 Å². The number of aliphatic hydroxyl groups excluding tert-OH is 2. The lowest BCUT2D eigenvalue weighted by Crippen LogP contribution is -2.45. The number of allylic oxidation sites excluding steroid dienone is 13. The van der Waals surface area contributed by atoms with E-state index < -0.39 is 12.1 Å². The Morgan fingerprint density at radius 2 is 0.603 bits per heavy atom. The second-order valence-corrected chi connectivity index (χ2v) is 21.8. The molecule has 0 aromatic carbocycles. The third-order valence-electron chi connectivity index (χ3n) is 14.6. The summed E-state index contributed by atoms with van der Waals surface area (Å²) in [5.74, 6) is -0.0595. The SMILES string of the molecule is CC/C=C\C/C=C\C/C=C\C/C=C\C/C=C\C/C=C\CCCCCCCCCCCCCCCCCCCCCCCCC(=O)NC(CO)C(O)/C=C/CCCCCCCCCCCCCCCCCCCC. The van der Waals surface area contributed by atoms with E-state index in [0.717, 1.165) is 64.2 Å². The summed E-state index contributed by atoms with van der Waals surface area (Å²) in [5, 5.41) is 23.2. The highest BCUT2D eigenvalue weighted by molar-refractivity contribution is 5.76. The van der Waals surface area contributed by atoms with E-state index in [1.807, 2.05) is 6.08 Å². The fourth-order valence-electron chi connectivity index (χ4n) is 9.77. The van der Waals surface area contributed by atoms with E-state index >= 15 is 0 Å². The zero-order chi connectivity index (χ0) is 52.7. The summed E-state index contributed by atoms with van der Waals surface area (Å²) < 4.78 is 0. The molecule has 0 spiro atoms. The molecule has 0 saturated heterocycles. The van der Waals surface area contributed by atoms with Gasteiger partial charge in [-0.15, -0.1) is 0 Å². The highest BCUT2D eigenvalue weighted by atomic mass is 16.3. The van der Waals surface area contributed by atoms with Gasteiger partial charge in [0, 0.05) is 6.42 Å². The van der Waals surface area contributed by atoms with Gasteiger partial charge in [-0.05, 0) is 70.6 Å². The first kappa shape index (κ1) is 70.6. The molecule has 4 nitrogen and oxygen atoms in total. The molecule has 0 aliphatic carbocycles. The van der Waals surface area contributed by atoms with Gasteiger partial charge in [0.25, 0.3) is 0 Å². The fourth-order valence-corrected chi connectivity index (χ4v) is 9.77. The lowest BCUT2D eigenvalue weighted by molar-refractivity contribution is -0.123. The molecule has 0 saturated carbocycles. The van der Waals surface area contributed by atoms with Crippen LogP contribution in [0, 0.1) is 0 Å². The van der Waals surface area contributed by atoms with Gasteiger partial charge in [-0.1, -0.05) is 336 Å². The van der Waals surface area contributed by atoms with Crippen molar-refractivity contribution < 1.29 is 15.0 Å². The Morgan fingerprint density at radius 3 is 0.904 bits per heavy atom. The summed E-state index contributed by atoms with van der Waals surface area (Å²) in [7, 11) is 0. The van der Waals surface area contributed by atoms with Gasteiger partial charge in [-0.25, -0.2) is 0 Å². The Morgan fingerprint density at radius 1 is 0.342 bits per heavy atom. The number of hydrogen-bond acceptors (Lipinski definition) is 3. The Balaban J connectivity index is 3.44. The Hall–Kier alpha value is -2.43. The fraction of sp³-hybridized carbons (Fsp3) is 0.783. The second-order valence-electron chi connectivity index (χ2n) is 21.8. The second kappa shape index (κ2) is 63.9. The molecule has 1 amide bonds. The van der Waals surface area contributed by atoms with Crippen LogP contribution in [0.25, 0.3) is 0 Å². The summed E-state index contributed by atoms with van der Waals surface area (Å²) in [6, 6.07) is -0.624. The molecule has 2 unspecified atom stereocenters. The molecule has 0 aliphatic rings. The first-order valence-electron chi connectivity index (χ1n) is 32.3. The van der Waals surface area contributed by atoms with E-state index in [2.05, 4.69) is 92.1 Å². The van der Waals surface area contributed by atoms with Crippen LogP contribution < -0.4 is 5.32 Å². The largest absolute Gasteiger partial charge is 0.394 e. The van der Waals surface area contributed by atoms with Crippen molar-refractivity contribution in [2.24, 2.45) is 0 Å². The Kier molecular flexibility index (Phi) is 61.7. The van der Waals surface area contributed by atoms with Crippen LogP contribution in [0.15, 0.2) is 85.1 Å². The third-order valence-corrected chi connectivity index (χ3v) is 14.6. The van der Waals surface area contributed by atoms with Crippen molar-refractivity contribution in [1.29, 1.82) is 0 Å². The molecule has 0 rings (SSSR count). The van der Waals surface area contributed by atoms with Crippen LogP contribution >= 0.6 is 0 Å². The van der Waals surface area contributed by atoms with Gasteiger partial charge in [-0.3, -0.25) is 4.79 Å². The van der Waals surface area contributed by atoms with Gasteiger partial charge in [0.2, 0.25) is 5.91 Å². The predicted octanol–water partition coefficient (Wildman–Crippen LogP) is 21.9. The van der Waals surface area contributed by atoms with E-state index in [1.165, 1.54) is 244 Å². The van der Waals surface area contributed by atoms with Gasteiger partial charge < -0.3 is 15.5 Å². The van der Waals surface area contributed by atoms with Crippen LogP contribution in [0.5, 0.6) is 0 Å². The number of carbonyl (C=O) groups excluding carboxylic acids is 1. The Labute approximate surface area is 456 Å². The first-order chi connectivity index (χ1) is 36.2. The van der Waals surface area contributed by atoms with Crippen LogP contribution in [0.4, 0.5) is 0 Å². The summed E-state index contributed by atoms with van der Waals surface area (Å²) in [6.07, 6.45) is 93.6. The normalized spacial score (nSPS) is 13.3. The quantitative estimate of drug-likeness (QED) is 0.0420. The third kappa shape index (κ3) is 60.3. The van der Waals surface area contributed by atoms with E-state index in [4.69, 9.17) is 0 Å². The molecule has 0 aromatic rings. The van der Waals surface area contributed by atoms with Gasteiger partial charge in [0.15, 0.2) is 0 Å². The number of carbonyl (C=O) groups is 1. The lowest BCUT2D eigenvalue weighted by Gasteiger charge is -2.20. The molecule has 0 radical (unpaired) electrons. The van der Waals surface area contributed by atoms with E-state index in [1.54, 1.807) is 6.08 Å². The standard InChI is InChI=1S/C69H125NO3/c1-3-5-7-9-11-13-15-17-19-21-23-25-26-27-28-29-30-31-32-33-34-35-36-37-38-39-40-41-42-43-44-45-47-49-51-53-55-57-59-61-63-65-69(73)70-67(66-71)68(72)64-62-60-58-56-54-52-50-48-46-24-22-20-18-16-14-12-10-8-6-4-2/h5,7,11,13,17,19,23,25,27-28,30-31,62,64,67-68,71-72H,3-4,6,8-10,12,14-16,18,20-22,24,26,29,32-61,63,65-66H2,1-2H3,(H,70,73)/b7-5-,13-11-,19-17-,25-23-,28-27-,31-30-,64-62+. The molecule has 424 valence electrons. The lowest BCUT2D eigenvalue weighted by atomic mass is 10.0. The maximum absolute atomic E-state index is 12.5. The molecule has 2 atom stereocenters. The van der Waals surface area contributed by atoms with Crippen molar-refractivity contribution >= 4 is 5.91 Å². The Bertz CT molecular complexity index is 1290. The topological polar surface area (TPSA) is 69.6 Å². The minimum atomic E-state index is -0.841. The molecular formula is C69H125NO3. The molecule has 0 fully saturated rings. The molecule has 0 aromatic heterocycles. The number of amides is 1. The van der Waals surface area contributed by atoms with E-state index in [-0.39, 0.29) is 12.5 Å². The molecule has 73 heavy (non-hydrogen) atoms. The zero-order valence-corrected chi connectivity index (χ0v) is 48.9. The zero-order valence-electron chi connectivity index (χ0n) is 48.9. The molecule has 4 heteroatoms. The minimum absolute atomic E-state index is 0.0595. The number of aliphatic hydroxyl groups is 2. The maximum Gasteiger partial charge on any atom is 0.220 e. The van der Waals surface area contributed by atoms with Crippen LogP contribution in [0.2, 0.25) is 0 Å². The van der Waals surface area contributed by atoms with Crippen molar-refractivity contribution in [3.05, 3.63) is 85.1 Å². The molecule has 3 N–H and O–H groups in total. The first-order valence-corrected chi connectivity index (χ1v) is 32.3. The van der Waals surface area contributed by atoms with E-state index in [9.17, 15) is 15.0 Å². The van der Waals surface area contributed by atoms with Crippen molar-refractivity contribution in [3.63, 3.8) is 0 Å². The smallest absolute Gasteiger partial charge is 0.220 e. The van der Waals surface area contributed by atoms with Crippen molar-refractivity contribution in [2.45, 2.75) is 341 Å². The number of nitrogens with one attached hydrogen (secondary N) is 1. The molecular weight excluding hydrogens is 891 g/mol. The van der Waals surface area contributed by atoms with E-state index in [0.29, 0.717) is 6.42 Å².